The van der Waals surface area contributed by atoms with Crippen molar-refractivity contribution in [2.24, 2.45) is 16.7 Å². The maximum atomic E-state index is 12.4. The largest absolute Gasteiger partial charge is 0.435 e. The van der Waals surface area contributed by atoms with Crippen molar-refractivity contribution in [3.05, 3.63) is 11.6 Å². The van der Waals surface area contributed by atoms with Gasteiger partial charge in [-0.1, -0.05) is 26.3 Å². The summed E-state index contributed by atoms with van der Waals surface area (Å²) in [6.07, 6.45) is 3.21. The molecule has 4 atom stereocenters. The zero-order chi connectivity index (χ0) is 14.8. The first-order chi connectivity index (χ1) is 9.30. The highest BCUT2D eigenvalue weighted by molar-refractivity contribution is 5.87. The molecule has 1 heterocycles. The number of esters is 1. The molecule has 0 unspecified atom stereocenters. The van der Waals surface area contributed by atoms with Crippen LogP contribution in [0, 0.1) is 16.7 Å². The van der Waals surface area contributed by atoms with Crippen molar-refractivity contribution < 1.29 is 24.5 Å². The Labute approximate surface area is 117 Å². The number of hydrogen-bond donors (Lipinski definition) is 2. The Morgan fingerprint density at radius 1 is 1.40 bits per heavy atom. The molecule has 0 aromatic heterocycles. The van der Waals surface area contributed by atoms with Gasteiger partial charge in [-0.2, -0.15) is 0 Å². The molecule has 2 aliphatic carbocycles. The molecule has 3 rings (SSSR count). The van der Waals surface area contributed by atoms with Crippen LogP contribution < -0.4 is 0 Å². The van der Waals surface area contributed by atoms with Crippen LogP contribution in [0.15, 0.2) is 11.6 Å². The van der Waals surface area contributed by atoms with E-state index in [0.717, 1.165) is 12.8 Å². The van der Waals surface area contributed by atoms with E-state index in [1.54, 1.807) is 6.08 Å². The van der Waals surface area contributed by atoms with Gasteiger partial charge in [0.1, 0.15) is 11.7 Å². The summed E-state index contributed by atoms with van der Waals surface area (Å²) in [5.74, 6) is -1.33. The second-order valence-corrected chi connectivity index (χ2v) is 6.87. The number of aliphatic hydroxyl groups is 2. The number of aldehydes is 1. The fraction of sp³-hybridized carbons (Fsp3) is 0.733. The van der Waals surface area contributed by atoms with E-state index in [-0.39, 0.29) is 6.42 Å². The maximum absolute atomic E-state index is 12.4. The van der Waals surface area contributed by atoms with Gasteiger partial charge in [0.2, 0.25) is 6.29 Å². The molecule has 5 heteroatoms. The fourth-order valence-electron chi connectivity index (χ4n) is 4.58. The summed E-state index contributed by atoms with van der Waals surface area (Å²) < 4.78 is 5.02. The summed E-state index contributed by atoms with van der Waals surface area (Å²) in [6, 6.07) is 0. The van der Waals surface area contributed by atoms with Crippen molar-refractivity contribution in [1.82, 2.24) is 0 Å². The third-order valence-electron chi connectivity index (χ3n) is 5.77. The highest BCUT2D eigenvalue weighted by Gasteiger charge is 2.73. The van der Waals surface area contributed by atoms with Gasteiger partial charge in [-0.25, -0.2) is 0 Å². The molecule has 0 aromatic carbocycles. The molecule has 1 saturated carbocycles. The van der Waals surface area contributed by atoms with Gasteiger partial charge < -0.3 is 14.9 Å². The summed E-state index contributed by atoms with van der Waals surface area (Å²) in [5, 5.41) is 21.4. The highest BCUT2D eigenvalue weighted by Crippen LogP contribution is 2.65. The zero-order valence-electron chi connectivity index (χ0n) is 11.8. The van der Waals surface area contributed by atoms with Crippen LogP contribution in [0.2, 0.25) is 0 Å². The molecule has 0 radical (unpaired) electrons. The second kappa shape index (κ2) is 3.92. The van der Waals surface area contributed by atoms with E-state index in [4.69, 9.17) is 4.74 Å². The molecule has 3 aliphatic rings. The lowest BCUT2D eigenvalue weighted by Crippen LogP contribution is -2.66. The van der Waals surface area contributed by atoms with Crippen molar-refractivity contribution in [3.8, 4) is 0 Å². The van der Waals surface area contributed by atoms with Crippen LogP contribution >= 0.6 is 0 Å². The number of rotatable bonds is 1. The second-order valence-electron chi connectivity index (χ2n) is 6.87. The van der Waals surface area contributed by atoms with E-state index in [1.807, 2.05) is 13.8 Å². The third-order valence-corrected chi connectivity index (χ3v) is 5.77. The standard InChI is InChI=1S/C15H20O5/c1-13(2)5-3-6-14-10(11(17)20-12(14)18)9(8-16)4-7-15(13,14)19/h4,8,10-11,17,19H,3,5-7H2,1-2H3/t10-,11+,14+,15-/m1/s1. The van der Waals surface area contributed by atoms with Crippen LogP contribution in [0.5, 0.6) is 0 Å². The molecule has 2 fully saturated rings. The predicted molar refractivity (Wildman–Crippen MR) is 69.4 cm³/mol. The number of carbonyl (C=O) groups excluding carboxylic acids is 2. The van der Waals surface area contributed by atoms with Gasteiger partial charge in [-0.3, -0.25) is 9.59 Å². The first-order valence-corrected chi connectivity index (χ1v) is 7.07. The number of hydrogen-bond acceptors (Lipinski definition) is 5. The number of aliphatic hydroxyl groups excluding tert-OH is 1. The Kier molecular flexibility index (Phi) is 2.70. The summed E-state index contributed by atoms with van der Waals surface area (Å²) in [4.78, 5) is 23.7. The molecule has 0 amide bonds. The Hall–Kier alpha value is -1.20. The fourth-order valence-corrected chi connectivity index (χ4v) is 4.58. The van der Waals surface area contributed by atoms with Crippen molar-refractivity contribution in [2.45, 2.75) is 51.4 Å². The molecular weight excluding hydrogens is 260 g/mol. The number of carbonyl (C=O) groups is 2. The summed E-state index contributed by atoms with van der Waals surface area (Å²) in [6.45, 7) is 3.87. The van der Waals surface area contributed by atoms with E-state index in [1.165, 1.54) is 0 Å². The smallest absolute Gasteiger partial charge is 0.318 e. The predicted octanol–water partition coefficient (Wildman–Crippen LogP) is 0.934. The lowest BCUT2D eigenvalue weighted by Gasteiger charge is -2.58. The molecule has 5 nitrogen and oxygen atoms in total. The minimum atomic E-state index is -1.35. The monoisotopic (exact) mass is 280 g/mol. The van der Waals surface area contributed by atoms with Crippen LogP contribution in [-0.4, -0.2) is 34.4 Å². The van der Waals surface area contributed by atoms with E-state index in [2.05, 4.69) is 0 Å². The Balaban J connectivity index is 2.25. The average Bonchev–Trinajstić information content (AvgIpc) is 2.63. The van der Waals surface area contributed by atoms with Gasteiger partial charge in [0, 0.05) is 0 Å². The van der Waals surface area contributed by atoms with Crippen molar-refractivity contribution in [3.63, 3.8) is 0 Å². The maximum Gasteiger partial charge on any atom is 0.318 e. The molecule has 20 heavy (non-hydrogen) atoms. The zero-order valence-corrected chi connectivity index (χ0v) is 11.8. The highest BCUT2D eigenvalue weighted by atomic mass is 16.6. The van der Waals surface area contributed by atoms with Gasteiger partial charge in [0.05, 0.1) is 11.5 Å². The van der Waals surface area contributed by atoms with Gasteiger partial charge in [0.15, 0.2) is 0 Å². The van der Waals surface area contributed by atoms with Gasteiger partial charge in [-0.05, 0) is 30.3 Å². The van der Waals surface area contributed by atoms with Gasteiger partial charge in [-0.15, -0.1) is 0 Å². The van der Waals surface area contributed by atoms with Crippen molar-refractivity contribution in [2.75, 3.05) is 0 Å². The van der Waals surface area contributed by atoms with Crippen LogP contribution in [0.25, 0.3) is 0 Å². The van der Waals surface area contributed by atoms with Crippen LogP contribution in [0.1, 0.15) is 39.5 Å². The van der Waals surface area contributed by atoms with E-state index < -0.39 is 34.6 Å². The molecule has 0 bridgehead atoms. The number of cyclic esters (lactones) is 1. The molecule has 1 aliphatic heterocycles. The molecule has 2 N–H and O–H groups in total. The normalized spacial score (nSPS) is 46.0. The first-order valence-electron chi connectivity index (χ1n) is 7.07. The molecule has 1 saturated heterocycles. The third kappa shape index (κ3) is 1.30. The minimum Gasteiger partial charge on any atom is -0.435 e. The average molecular weight is 280 g/mol. The van der Waals surface area contributed by atoms with E-state index in [9.17, 15) is 19.8 Å². The molecule has 110 valence electrons. The summed E-state index contributed by atoms with van der Waals surface area (Å²) in [7, 11) is 0. The van der Waals surface area contributed by atoms with Crippen molar-refractivity contribution >= 4 is 12.3 Å². The van der Waals surface area contributed by atoms with Gasteiger partial charge in [0.25, 0.3) is 0 Å². The Morgan fingerprint density at radius 3 is 2.75 bits per heavy atom. The summed E-state index contributed by atoms with van der Waals surface area (Å²) >= 11 is 0. The van der Waals surface area contributed by atoms with Crippen LogP contribution in [0.4, 0.5) is 0 Å². The Morgan fingerprint density at radius 2 is 2.10 bits per heavy atom. The molecule has 1 spiro atoms. The molecule has 0 aromatic rings. The number of ether oxygens (including phenoxy) is 1. The quantitative estimate of drug-likeness (QED) is 0.551. The van der Waals surface area contributed by atoms with Gasteiger partial charge >= 0.3 is 5.97 Å². The molecular formula is C15H20O5. The van der Waals surface area contributed by atoms with Crippen LogP contribution in [-0.2, 0) is 14.3 Å². The minimum absolute atomic E-state index is 0.242. The Bertz CT molecular complexity index is 508. The topological polar surface area (TPSA) is 83.8 Å². The van der Waals surface area contributed by atoms with E-state index >= 15 is 0 Å². The van der Waals surface area contributed by atoms with Crippen LogP contribution in [0.3, 0.4) is 0 Å². The lowest BCUT2D eigenvalue weighted by molar-refractivity contribution is -0.207. The van der Waals surface area contributed by atoms with E-state index in [0.29, 0.717) is 18.3 Å². The first kappa shape index (κ1) is 13.8. The summed E-state index contributed by atoms with van der Waals surface area (Å²) in [5.41, 5.74) is -2.59. The SMILES string of the molecule is CC1(C)CCC[C@@]23C(=O)O[C@H](O)[C@H]2C(C=O)=CC[C@@]13O. The lowest BCUT2D eigenvalue weighted by atomic mass is 9.45. The van der Waals surface area contributed by atoms with Crippen molar-refractivity contribution in [1.29, 1.82) is 0 Å².